The first-order chi connectivity index (χ1) is 21.7. The molecule has 5 amide bonds. The Balaban J connectivity index is 1.94. The smallest absolute Gasteiger partial charge is 0.287 e. The topological polar surface area (TPSA) is 194 Å². The first-order valence-electron chi connectivity index (χ1n) is 15.6. The molecule has 0 aliphatic carbocycles. The van der Waals surface area contributed by atoms with Gasteiger partial charge in [-0.3, -0.25) is 33.8 Å². The number of nitrogens with one attached hydrogen (secondary N) is 3. The third kappa shape index (κ3) is 8.73. The van der Waals surface area contributed by atoms with E-state index in [0.717, 1.165) is 11.1 Å². The van der Waals surface area contributed by atoms with Crippen molar-refractivity contribution in [3.05, 3.63) is 59.7 Å². The normalized spacial score (nSPS) is 17.0. The van der Waals surface area contributed by atoms with Gasteiger partial charge in [0.1, 0.15) is 23.8 Å². The van der Waals surface area contributed by atoms with Crippen LogP contribution in [0, 0.1) is 11.3 Å². The standard InChI is InChI=1S/C33H45N7O6/c1-7-11-22(26(41)28(34)42)37-30(44)24-16-20-12-9-10-13-21(20)18-40(24)32(46)27(33(4,5)6)39-31(45)25(19(3)8-2)38-29(43)23-17-35-14-15-36-23/h9-10,12-15,17,19,22,24-25,27H,7-8,11,16,18H2,1-6H3,(H2,34,42)(H,37,44)(H,38,43)(H,39,45)/t19-,22-,24-,25-,27+/m0/s1. The minimum Gasteiger partial charge on any atom is -0.363 e. The summed E-state index contributed by atoms with van der Waals surface area (Å²) in [7, 11) is 0. The Hall–Kier alpha value is -4.68. The van der Waals surface area contributed by atoms with Gasteiger partial charge in [0.2, 0.25) is 23.5 Å². The second-order valence-electron chi connectivity index (χ2n) is 12.8. The molecule has 0 saturated heterocycles. The Kier molecular flexibility index (Phi) is 12.1. The first kappa shape index (κ1) is 35.8. The van der Waals surface area contributed by atoms with Crippen molar-refractivity contribution in [2.75, 3.05) is 0 Å². The third-order valence-electron chi connectivity index (χ3n) is 8.26. The zero-order chi connectivity index (χ0) is 34.2. The molecule has 1 aliphatic heterocycles. The predicted octanol–water partition coefficient (Wildman–Crippen LogP) is 1.44. The number of hydrogen-bond acceptors (Lipinski definition) is 8. The van der Waals surface area contributed by atoms with Crippen molar-refractivity contribution in [2.24, 2.45) is 17.1 Å². The highest BCUT2D eigenvalue weighted by molar-refractivity contribution is 6.37. The summed E-state index contributed by atoms with van der Waals surface area (Å²) in [6.07, 6.45) is 5.52. The number of primary amides is 1. The number of carbonyl (C=O) groups is 6. The maximum Gasteiger partial charge on any atom is 0.287 e. The number of nitrogens with two attached hydrogens (primary N) is 1. The van der Waals surface area contributed by atoms with E-state index in [1.54, 1.807) is 27.7 Å². The van der Waals surface area contributed by atoms with Crippen LogP contribution in [0.25, 0.3) is 0 Å². The van der Waals surface area contributed by atoms with Gasteiger partial charge in [-0.25, -0.2) is 4.98 Å². The molecular formula is C33H45N7O6. The third-order valence-corrected chi connectivity index (χ3v) is 8.26. The molecule has 13 heteroatoms. The quantitative estimate of drug-likeness (QED) is 0.238. The van der Waals surface area contributed by atoms with E-state index < -0.39 is 64.9 Å². The fourth-order valence-electron chi connectivity index (χ4n) is 5.37. The molecule has 0 saturated carbocycles. The van der Waals surface area contributed by atoms with E-state index in [4.69, 9.17) is 5.73 Å². The van der Waals surface area contributed by atoms with Crippen LogP contribution in [0.5, 0.6) is 0 Å². The van der Waals surface area contributed by atoms with Crippen LogP contribution in [0.4, 0.5) is 0 Å². The van der Waals surface area contributed by atoms with Crippen molar-refractivity contribution in [2.45, 2.75) is 97.9 Å². The molecule has 46 heavy (non-hydrogen) atoms. The van der Waals surface area contributed by atoms with Crippen molar-refractivity contribution >= 4 is 35.3 Å². The van der Waals surface area contributed by atoms with Gasteiger partial charge >= 0.3 is 0 Å². The van der Waals surface area contributed by atoms with E-state index in [2.05, 4.69) is 25.9 Å². The Morgan fingerprint density at radius 3 is 2.24 bits per heavy atom. The number of hydrogen-bond donors (Lipinski definition) is 4. The number of Topliss-reactive ketones (excluding diaryl/α,β-unsaturated/α-hetero) is 1. The molecule has 248 valence electrons. The number of benzene rings is 1. The average molecular weight is 636 g/mol. The van der Waals surface area contributed by atoms with E-state index in [-0.39, 0.29) is 31.0 Å². The lowest BCUT2D eigenvalue weighted by molar-refractivity contribution is -0.148. The molecule has 2 heterocycles. The second kappa shape index (κ2) is 15.5. The molecule has 0 spiro atoms. The highest BCUT2D eigenvalue weighted by Gasteiger charge is 2.43. The Bertz CT molecular complexity index is 1440. The van der Waals surface area contributed by atoms with E-state index in [9.17, 15) is 28.8 Å². The van der Waals surface area contributed by atoms with Gasteiger partial charge in [-0.1, -0.05) is 78.6 Å². The number of carbonyl (C=O) groups excluding carboxylic acids is 6. The summed E-state index contributed by atoms with van der Waals surface area (Å²) in [6.45, 7) is 11.0. The minimum absolute atomic E-state index is 0.0454. The van der Waals surface area contributed by atoms with Crippen LogP contribution < -0.4 is 21.7 Å². The van der Waals surface area contributed by atoms with Gasteiger partial charge in [0, 0.05) is 25.4 Å². The number of rotatable bonds is 13. The van der Waals surface area contributed by atoms with Crippen LogP contribution >= 0.6 is 0 Å². The zero-order valence-corrected chi connectivity index (χ0v) is 27.3. The van der Waals surface area contributed by atoms with Gasteiger partial charge in [0.25, 0.3) is 11.8 Å². The number of aromatic nitrogens is 2. The van der Waals surface area contributed by atoms with Crippen LogP contribution in [0.15, 0.2) is 42.9 Å². The molecule has 5 atom stereocenters. The van der Waals surface area contributed by atoms with Crippen molar-refractivity contribution in [1.82, 2.24) is 30.8 Å². The molecule has 13 nitrogen and oxygen atoms in total. The summed E-state index contributed by atoms with van der Waals surface area (Å²) in [4.78, 5) is 88.5. The summed E-state index contributed by atoms with van der Waals surface area (Å²) in [5, 5.41) is 8.27. The van der Waals surface area contributed by atoms with Gasteiger partial charge in [0.05, 0.1) is 12.2 Å². The molecule has 3 rings (SSSR count). The molecule has 0 radical (unpaired) electrons. The van der Waals surface area contributed by atoms with Gasteiger partial charge in [-0.05, 0) is 28.9 Å². The van der Waals surface area contributed by atoms with Crippen LogP contribution in [0.3, 0.4) is 0 Å². The second-order valence-corrected chi connectivity index (χ2v) is 12.8. The van der Waals surface area contributed by atoms with E-state index >= 15 is 0 Å². The monoisotopic (exact) mass is 635 g/mol. The molecule has 0 bridgehead atoms. The van der Waals surface area contributed by atoms with Crippen LogP contribution in [-0.2, 0) is 36.9 Å². The molecule has 2 aromatic rings. The van der Waals surface area contributed by atoms with Crippen molar-refractivity contribution < 1.29 is 28.8 Å². The fourth-order valence-corrected chi connectivity index (χ4v) is 5.37. The average Bonchev–Trinajstić information content (AvgIpc) is 3.03. The molecule has 1 aromatic carbocycles. The summed E-state index contributed by atoms with van der Waals surface area (Å²) in [5.74, 6) is -4.62. The Labute approximate surface area is 269 Å². The molecule has 5 N–H and O–H groups in total. The number of amides is 5. The molecule has 0 fully saturated rings. The lowest BCUT2D eigenvalue weighted by atomic mass is 9.83. The van der Waals surface area contributed by atoms with Crippen molar-refractivity contribution in [3.63, 3.8) is 0 Å². The van der Waals surface area contributed by atoms with E-state index in [1.165, 1.54) is 23.5 Å². The lowest BCUT2D eigenvalue weighted by Crippen LogP contribution is -2.63. The molecule has 1 aliphatic rings. The van der Waals surface area contributed by atoms with Gasteiger partial charge < -0.3 is 26.6 Å². The molecular weight excluding hydrogens is 590 g/mol. The van der Waals surface area contributed by atoms with Gasteiger partial charge in [-0.15, -0.1) is 0 Å². The summed E-state index contributed by atoms with van der Waals surface area (Å²) in [6, 6.07) is 3.16. The van der Waals surface area contributed by atoms with Crippen LogP contribution in [-0.4, -0.2) is 74.4 Å². The lowest BCUT2D eigenvalue weighted by Gasteiger charge is -2.41. The van der Waals surface area contributed by atoms with Crippen molar-refractivity contribution in [1.29, 1.82) is 0 Å². The maximum atomic E-state index is 14.4. The van der Waals surface area contributed by atoms with E-state index in [0.29, 0.717) is 12.8 Å². The van der Waals surface area contributed by atoms with Crippen LogP contribution in [0.1, 0.15) is 82.4 Å². The minimum atomic E-state index is -1.15. The summed E-state index contributed by atoms with van der Waals surface area (Å²) >= 11 is 0. The largest absolute Gasteiger partial charge is 0.363 e. The number of fused-ring (bicyclic) bond motifs is 1. The Morgan fingerprint density at radius 2 is 1.67 bits per heavy atom. The van der Waals surface area contributed by atoms with Crippen LogP contribution in [0.2, 0.25) is 0 Å². The van der Waals surface area contributed by atoms with Gasteiger partial charge in [-0.2, -0.15) is 0 Å². The SMILES string of the molecule is CCC[C@H](NC(=O)[C@@H]1Cc2ccccc2CN1C(=O)[C@@H](NC(=O)[C@@H](NC(=O)c1cnccn1)[C@@H](C)CC)C(C)(C)C)C(=O)C(N)=O. The zero-order valence-electron chi connectivity index (χ0n) is 27.3. The Morgan fingerprint density at radius 1 is 1.00 bits per heavy atom. The predicted molar refractivity (Wildman–Crippen MR) is 170 cm³/mol. The van der Waals surface area contributed by atoms with Crippen molar-refractivity contribution in [3.8, 4) is 0 Å². The maximum absolute atomic E-state index is 14.4. The first-order valence-corrected chi connectivity index (χ1v) is 15.6. The summed E-state index contributed by atoms with van der Waals surface area (Å²) in [5.41, 5.74) is 6.17. The highest BCUT2D eigenvalue weighted by atomic mass is 16.2. The highest BCUT2D eigenvalue weighted by Crippen LogP contribution is 2.29. The fraction of sp³-hybridized carbons (Fsp3) is 0.515. The number of nitrogens with zero attached hydrogens (tertiary/aromatic N) is 3. The number of ketones is 1. The summed E-state index contributed by atoms with van der Waals surface area (Å²) < 4.78 is 0. The molecule has 1 aromatic heterocycles. The molecule has 0 unspecified atom stereocenters. The van der Waals surface area contributed by atoms with Gasteiger partial charge in [0.15, 0.2) is 0 Å². The van der Waals surface area contributed by atoms with E-state index in [1.807, 2.05) is 38.1 Å².